The van der Waals surface area contributed by atoms with E-state index in [0.29, 0.717) is 22.6 Å². The summed E-state index contributed by atoms with van der Waals surface area (Å²) in [4.78, 5) is 47.6. The average Bonchev–Trinajstić information content (AvgIpc) is 3.24. The van der Waals surface area contributed by atoms with Crippen molar-refractivity contribution in [2.24, 2.45) is 5.73 Å². The summed E-state index contributed by atoms with van der Waals surface area (Å²) in [5.41, 5.74) is 8.72. The van der Waals surface area contributed by atoms with Gasteiger partial charge in [-0.1, -0.05) is 29.8 Å². The molecule has 0 aliphatic rings. The maximum absolute atomic E-state index is 12.2. The van der Waals surface area contributed by atoms with Gasteiger partial charge in [0.1, 0.15) is 10.6 Å². The zero-order valence-electron chi connectivity index (χ0n) is 19.0. The predicted molar refractivity (Wildman–Crippen MR) is 134 cm³/mol. The summed E-state index contributed by atoms with van der Waals surface area (Å²) in [6, 6.07) is 13.0. The van der Waals surface area contributed by atoms with Crippen LogP contribution in [-0.2, 0) is 9.53 Å². The van der Waals surface area contributed by atoms with E-state index >= 15 is 0 Å². The molecule has 6 N–H and O–H groups in total. The van der Waals surface area contributed by atoms with E-state index in [0.717, 1.165) is 17.1 Å². The molecule has 2 aromatic carbocycles. The third-order valence-corrected chi connectivity index (χ3v) is 5.50. The number of hydrogen-bond acceptors (Lipinski definition) is 7. The van der Waals surface area contributed by atoms with Crippen molar-refractivity contribution in [2.75, 3.05) is 29.6 Å². The molecule has 0 radical (unpaired) electrons. The fourth-order valence-electron chi connectivity index (χ4n) is 2.97. The molecule has 35 heavy (non-hydrogen) atoms. The number of methoxy groups -OCH3 is 1. The van der Waals surface area contributed by atoms with Gasteiger partial charge in [0, 0.05) is 23.5 Å². The molecule has 11 nitrogen and oxygen atoms in total. The topological polar surface area (TPSA) is 165 Å². The van der Waals surface area contributed by atoms with Crippen LogP contribution in [0.4, 0.5) is 26.0 Å². The molecule has 0 saturated heterocycles. The summed E-state index contributed by atoms with van der Waals surface area (Å²) in [5.74, 6) is -1.23. The van der Waals surface area contributed by atoms with Crippen LogP contribution >= 0.6 is 11.5 Å². The number of benzene rings is 2. The molecule has 0 saturated carbocycles. The number of amides is 5. The van der Waals surface area contributed by atoms with Crippen molar-refractivity contribution in [3.63, 3.8) is 0 Å². The summed E-state index contributed by atoms with van der Waals surface area (Å²) < 4.78 is 8.77. The number of nitrogens with one attached hydrogen (secondary N) is 4. The molecule has 3 rings (SSSR count). The van der Waals surface area contributed by atoms with Crippen LogP contribution in [0, 0.1) is 6.92 Å². The number of rotatable bonds is 8. The predicted octanol–water partition coefficient (Wildman–Crippen LogP) is 3.55. The Labute approximate surface area is 205 Å². The molecule has 0 unspecified atom stereocenters. The highest BCUT2D eigenvalue weighted by molar-refractivity contribution is 7.11. The van der Waals surface area contributed by atoms with E-state index in [1.807, 2.05) is 19.1 Å². The van der Waals surface area contributed by atoms with E-state index in [4.69, 9.17) is 5.73 Å². The summed E-state index contributed by atoms with van der Waals surface area (Å²) in [6.07, 6.45) is 0.00393. The lowest BCUT2D eigenvalue weighted by Gasteiger charge is -2.09. The lowest BCUT2D eigenvalue weighted by atomic mass is 10.1. The zero-order chi connectivity index (χ0) is 25.4. The smallest absolute Gasteiger partial charge is 0.323 e. The van der Waals surface area contributed by atoms with E-state index in [1.165, 1.54) is 7.11 Å². The van der Waals surface area contributed by atoms with Crippen molar-refractivity contribution < 1.29 is 23.9 Å². The van der Waals surface area contributed by atoms with Gasteiger partial charge in [0.25, 0.3) is 5.91 Å². The Morgan fingerprint density at radius 2 is 1.51 bits per heavy atom. The number of urea groups is 2. The molecule has 0 fully saturated rings. The number of ether oxygens (including phenoxy) is 1. The van der Waals surface area contributed by atoms with Crippen molar-refractivity contribution in [3.05, 3.63) is 59.7 Å². The molecular weight excluding hydrogens is 472 g/mol. The van der Waals surface area contributed by atoms with Crippen LogP contribution < -0.4 is 27.0 Å². The zero-order valence-corrected chi connectivity index (χ0v) is 19.8. The number of nitrogens with zero attached hydrogens (tertiary/aromatic N) is 1. The van der Waals surface area contributed by atoms with Gasteiger partial charge >= 0.3 is 18.0 Å². The minimum Gasteiger partial charge on any atom is -0.469 e. The number of aromatic nitrogens is 1. The Morgan fingerprint density at radius 3 is 2.09 bits per heavy atom. The molecule has 0 bridgehead atoms. The number of hydrogen-bond donors (Lipinski definition) is 5. The van der Waals surface area contributed by atoms with E-state index < -0.39 is 23.9 Å². The summed E-state index contributed by atoms with van der Waals surface area (Å²) in [5, 5.41) is 10.6. The molecule has 5 amide bonds. The largest absolute Gasteiger partial charge is 0.469 e. The highest BCUT2D eigenvalue weighted by Gasteiger charge is 2.21. The van der Waals surface area contributed by atoms with Crippen LogP contribution in [-0.4, -0.2) is 42.0 Å². The van der Waals surface area contributed by atoms with Gasteiger partial charge in [0.2, 0.25) is 0 Å². The summed E-state index contributed by atoms with van der Waals surface area (Å²) >= 11 is 0.895. The fourth-order valence-corrected chi connectivity index (χ4v) is 3.78. The Kier molecular flexibility index (Phi) is 8.35. The second kappa shape index (κ2) is 11.6. The molecule has 0 atom stereocenters. The van der Waals surface area contributed by atoms with Crippen molar-refractivity contribution in [1.29, 1.82) is 0 Å². The Morgan fingerprint density at radius 1 is 0.914 bits per heavy atom. The van der Waals surface area contributed by atoms with Crippen LogP contribution in [0.1, 0.15) is 22.3 Å². The van der Waals surface area contributed by atoms with E-state index in [-0.39, 0.29) is 23.5 Å². The molecule has 1 heterocycles. The molecule has 0 spiro atoms. The Hall–Kier alpha value is -4.45. The van der Waals surface area contributed by atoms with Crippen molar-refractivity contribution in [3.8, 4) is 11.3 Å². The molecule has 1 aromatic heterocycles. The number of primary amides is 1. The first-order valence-electron chi connectivity index (χ1n) is 10.4. The van der Waals surface area contributed by atoms with E-state index in [2.05, 4.69) is 30.4 Å². The lowest BCUT2D eigenvalue weighted by molar-refractivity contribution is -0.140. The van der Waals surface area contributed by atoms with Gasteiger partial charge in [0.15, 0.2) is 0 Å². The minimum absolute atomic E-state index is 0.00393. The van der Waals surface area contributed by atoms with Gasteiger partial charge in [-0.15, -0.1) is 0 Å². The molecule has 12 heteroatoms. The summed E-state index contributed by atoms with van der Waals surface area (Å²) in [7, 11) is 1.25. The van der Waals surface area contributed by atoms with Gasteiger partial charge in [-0.05, 0) is 42.7 Å². The van der Waals surface area contributed by atoms with E-state index in [9.17, 15) is 19.2 Å². The number of nitrogens with two attached hydrogens (primary N) is 1. The molecular formula is C23H24N6O5S. The van der Waals surface area contributed by atoms with Gasteiger partial charge in [-0.25, -0.2) is 9.59 Å². The van der Waals surface area contributed by atoms with Gasteiger partial charge < -0.3 is 26.4 Å². The van der Waals surface area contributed by atoms with Crippen LogP contribution in [0.25, 0.3) is 11.3 Å². The van der Waals surface area contributed by atoms with Crippen molar-refractivity contribution in [2.45, 2.75) is 13.3 Å². The van der Waals surface area contributed by atoms with Gasteiger partial charge in [-0.3, -0.25) is 14.9 Å². The number of esters is 1. The monoisotopic (exact) mass is 496 g/mol. The van der Waals surface area contributed by atoms with Crippen molar-refractivity contribution in [1.82, 2.24) is 9.69 Å². The van der Waals surface area contributed by atoms with Crippen LogP contribution in [0.2, 0.25) is 0 Å². The van der Waals surface area contributed by atoms with Gasteiger partial charge in [0.05, 0.1) is 19.2 Å². The first kappa shape index (κ1) is 25.2. The lowest BCUT2D eigenvalue weighted by Crippen LogP contribution is -2.31. The molecule has 0 aliphatic carbocycles. The maximum atomic E-state index is 12.2. The SMILES string of the molecule is COC(=O)CCNC(=O)Nc1snc(-c2ccc(NC(=O)Nc3ccc(C)cc3)cc2)c1C(N)=O. The highest BCUT2D eigenvalue weighted by Crippen LogP contribution is 2.32. The third kappa shape index (κ3) is 7.01. The normalized spacial score (nSPS) is 10.2. The van der Waals surface area contributed by atoms with Crippen molar-refractivity contribution >= 4 is 51.8 Å². The fraction of sp³-hybridized carbons (Fsp3) is 0.174. The Balaban J connectivity index is 1.66. The number of anilines is 3. The number of carbonyl (C=O) groups is 4. The first-order chi connectivity index (χ1) is 16.8. The van der Waals surface area contributed by atoms with Crippen LogP contribution in [0.3, 0.4) is 0 Å². The summed E-state index contributed by atoms with van der Waals surface area (Å²) in [6.45, 7) is 2.01. The van der Waals surface area contributed by atoms with Crippen LogP contribution in [0.15, 0.2) is 48.5 Å². The standard InChI is InChI=1S/C23H24N6O5S/c1-13-3-7-15(8-4-13)26-23(33)27-16-9-5-14(6-10-16)19-18(20(24)31)21(35-29-19)28-22(32)25-12-11-17(30)34-2/h3-10H,11-12H2,1-2H3,(H2,24,31)(H2,25,28,32)(H2,26,27,33). The molecule has 0 aliphatic heterocycles. The second-order valence-electron chi connectivity index (χ2n) is 7.33. The van der Waals surface area contributed by atoms with Crippen LogP contribution in [0.5, 0.6) is 0 Å². The molecule has 3 aromatic rings. The third-order valence-electron chi connectivity index (χ3n) is 4.73. The Bertz CT molecular complexity index is 1220. The highest BCUT2D eigenvalue weighted by atomic mass is 32.1. The maximum Gasteiger partial charge on any atom is 0.323 e. The minimum atomic E-state index is -0.765. The average molecular weight is 497 g/mol. The number of carbonyl (C=O) groups excluding carboxylic acids is 4. The second-order valence-corrected chi connectivity index (χ2v) is 8.10. The number of aryl methyl sites for hydroxylation is 1. The van der Waals surface area contributed by atoms with Gasteiger partial charge in [-0.2, -0.15) is 4.37 Å². The first-order valence-corrected chi connectivity index (χ1v) is 11.2. The van der Waals surface area contributed by atoms with E-state index in [1.54, 1.807) is 36.4 Å². The molecule has 182 valence electrons. The quantitative estimate of drug-likeness (QED) is 0.299.